The van der Waals surface area contributed by atoms with Crippen molar-refractivity contribution in [1.29, 1.82) is 0 Å². The number of anilines is 4. The van der Waals surface area contributed by atoms with Crippen LogP contribution in [-0.2, 0) is 9.59 Å². The number of carbonyl (C=O) groups is 3. The number of hydrogen-bond donors (Lipinski definition) is 2. The molecule has 4 aromatic rings. The molecule has 4 aromatic carbocycles. The van der Waals surface area contributed by atoms with Crippen LogP contribution in [0.1, 0.15) is 13.8 Å². The second-order valence-electron chi connectivity index (χ2n) is 10.4. The average Bonchev–Trinajstić information content (AvgIpc) is 3.53. The van der Waals surface area contributed by atoms with Crippen molar-refractivity contribution in [2.24, 2.45) is 30.7 Å². The fourth-order valence-electron chi connectivity index (χ4n) is 4.65. The van der Waals surface area contributed by atoms with Gasteiger partial charge in [0, 0.05) is 11.4 Å². The summed E-state index contributed by atoms with van der Waals surface area (Å²) in [5.41, 5.74) is 4.53. The molecule has 4 amide bonds. The average molecular weight is 613 g/mol. The van der Waals surface area contributed by atoms with E-state index in [1.165, 1.54) is 10.0 Å². The Balaban J connectivity index is 0.998. The van der Waals surface area contributed by atoms with Crippen LogP contribution in [0.5, 0.6) is 0 Å². The van der Waals surface area contributed by atoms with Gasteiger partial charge >= 0.3 is 6.03 Å². The van der Waals surface area contributed by atoms with E-state index in [1.54, 1.807) is 86.6 Å². The lowest BCUT2D eigenvalue weighted by Gasteiger charge is -2.11. The molecule has 0 radical (unpaired) electrons. The fourth-order valence-corrected chi connectivity index (χ4v) is 4.65. The first kappa shape index (κ1) is 29.7. The van der Waals surface area contributed by atoms with Crippen molar-refractivity contribution in [3.63, 3.8) is 0 Å². The molecule has 0 saturated heterocycles. The van der Waals surface area contributed by atoms with Crippen molar-refractivity contribution in [2.75, 3.05) is 20.7 Å². The predicted octanol–water partition coefficient (Wildman–Crippen LogP) is 7.08. The van der Waals surface area contributed by atoms with E-state index < -0.39 is 18.1 Å². The van der Waals surface area contributed by atoms with Crippen LogP contribution in [0.4, 0.5) is 38.9 Å². The number of para-hydroxylation sites is 2. The Labute approximate surface area is 264 Å². The van der Waals surface area contributed by atoms with Gasteiger partial charge in [-0.3, -0.25) is 9.59 Å². The molecular weight excluding hydrogens is 584 g/mol. The van der Waals surface area contributed by atoms with Crippen molar-refractivity contribution in [1.82, 2.24) is 0 Å². The Hall–Kier alpha value is -6.37. The number of nitrogens with one attached hydrogen (secondary N) is 2. The molecule has 13 nitrogen and oxygen atoms in total. The Kier molecular flexibility index (Phi) is 8.45. The number of amides is 4. The number of carbonyl (C=O) groups excluding carboxylic acids is 3. The van der Waals surface area contributed by atoms with E-state index in [-0.39, 0.29) is 11.8 Å². The molecule has 0 saturated carbocycles. The molecule has 0 bridgehead atoms. The van der Waals surface area contributed by atoms with Crippen LogP contribution in [0.15, 0.2) is 140 Å². The molecule has 2 N–H and O–H groups in total. The Morgan fingerprint density at radius 3 is 1.33 bits per heavy atom. The molecule has 0 spiro atoms. The minimum Gasteiger partial charge on any atom is -0.308 e. The van der Waals surface area contributed by atoms with Gasteiger partial charge in [0.2, 0.25) is 0 Å². The Morgan fingerprint density at radius 2 is 0.957 bits per heavy atom. The summed E-state index contributed by atoms with van der Waals surface area (Å²) < 4.78 is 0. The van der Waals surface area contributed by atoms with Crippen LogP contribution in [0.25, 0.3) is 0 Å². The van der Waals surface area contributed by atoms with E-state index in [0.29, 0.717) is 45.5 Å². The number of hydrazone groups is 2. The molecule has 2 aliphatic heterocycles. The molecule has 0 aromatic heterocycles. The summed E-state index contributed by atoms with van der Waals surface area (Å²) in [4.78, 5) is 38.2. The second kappa shape index (κ2) is 13.1. The number of benzene rings is 4. The van der Waals surface area contributed by atoms with Gasteiger partial charge in [0.25, 0.3) is 11.8 Å². The molecule has 46 heavy (non-hydrogen) atoms. The lowest BCUT2D eigenvalue weighted by atomic mass is 10.2. The van der Waals surface area contributed by atoms with Gasteiger partial charge in [-0.15, -0.1) is 0 Å². The first-order valence-corrected chi connectivity index (χ1v) is 14.3. The minimum atomic E-state index is -0.801. The molecule has 228 valence electrons. The van der Waals surface area contributed by atoms with Crippen molar-refractivity contribution in [2.45, 2.75) is 25.9 Å². The van der Waals surface area contributed by atoms with Crippen molar-refractivity contribution in [3.05, 3.63) is 109 Å². The number of rotatable bonds is 8. The molecular formula is C33H28N10O3. The summed E-state index contributed by atoms with van der Waals surface area (Å²) in [7, 11) is 0. The molecule has 13 heteroatoms. The van der Waals surface area contributed by atoms with Crippen molar-refractivity contribution in [3.8, 4) is 0 Å². The van der Waals surface area contributed by atoms with Crippen LogP contribution in [-0.4, -0.2) is 41.4 Å². The normalized spacial score (nSPS) is 18.0. The molecule has 2 unspecified atom stereocenters. The summed E-state index contributed by atoms with van der Waals surface area (Å²) in [6.45, 7) is 3.48. The van der Waals surface area contributed by atoms with Gasteiger partial charge in [-0.25, -0.2) is 4.79 Å². The highest BCUT2D eigenvalue weighted by atomic mass is 16.2. The third-order valence-electron chi connectivity index (χ3n) is 7.02. The van der Waals surface area contributed by atoms with Gasteiger partial charge < -0.3 is 10.6 Å². The molecule has 2 atom stereocenters. The van der Waals surface area contributed by atoms with Crippen LogP contribution in [0.2, 0.25) is 0 Å². The third-order valence-corrected chi connectivity index (χ3v) is 7.02. The van der Waals surface area contributed by atoms with E-state index in [9.17, 15) is 14.4 Å². The van der Waals surface area contributed by atoms with Crippen molar-refractivity contribution < 1.29 is 14.4 Å². The highest BCUT2D eigenvalue weighted by Crippen LogP contribution is 2.25. The summed E-state index contributed by atoms with van der Waals surface area (Å²) in [5, 5.41) is 33.7. The van der Waals surface area contributed by atoms with E-state index in [1.807, 2.05) is 36.4 Å². The lowest BCUT2D eigenvalue weighted by molar-refractivity contribution is -0.118. The van der Waals surface area contributed by atoms with Crippen LogP contribution < -0.4 is 20.7 Å². The van der Waals surface area contributed by atoms with Gasteiger partial charge in [-0.05, 0) is 86.6 Å². The zero-order valence-corrected chi connectivity index (χ0v) is 24.8. The van der Waals surface area contributed by atoms with Gasteiger partial charge in [0.1, 0.15) is 0 Å². The SMILES string of the molecule is CC1=NN(c2ccccc2)C(=O)C1N=Nc1ccc(NC(=O)Nc2ccc(N=NC3C(=O)N(c4ccccc4)N=C3C)cc2)cc1. The van der Waals surface area contributed by atoms with E-state index in [0.717, 1.165) is 0 Å². The third kappa shape index (κ3) is 6.58. The van der Waals surface area contributed by atoms with E-state index in [4.69, 9.17) is 0 Å². The van der Waals surface area contributed by atoms with Crippen LogP contribution in [0.3, 0.4) is 0 Å². The number of urea groups is 1. The van der Waals surface area contributed by atoms with Crippen molar-refractivity contribution >= 4 is 63.4 Å². The Bertz CT molecular complexity index is 1740. The number of nitrogens with zero attached hydrogens (tertiary/aromatic N) is 8. The predicted molar refractivity (Wildman–Crippen MR) is 176 cm³/mol. The quantitative estimate of drug-likeness (QED) is 0.204. The molecule has 6 rings (SSSR count). The van der Waals surface area contributed by atoms with Gasteiger partial charge in [-0.1, -0.05) is 36.4 Å². The van der Waals surface area contributed by atoms with Gasteiger partial charge in [0.15, 0.2) is 12.1 Å². The molecule has 2 aliphatic rings. The standard InChI is InChI=1S/C33H28N10O3/c1-21-29(31(44)42(40-21)27-9-5-3-6-10-27)38-36-25-17-13-23(14-18-25)34-33(46)35-24-15-19-26(20-16-24)37-39-30-22(2)41-43(32(30)45)28-11-7-4-8-12-28/h3-20,29-30H,1-2H3,(H2,34,35,46). The smallest absolute Gasteiger partial charge is 0.308 e. The highest BCUT2D eigenvalue weighted by molar-refractivity contribution is 6.19. The molecule has 2 heterocycles. The maximum absolute atomic E-state index is 12.8. The monoisotopic (exact) mass is 612 g/mol. The van der Waals surface area contributed by atoms with Crippen LogP contribution >= 0.6 is 0 Å². The number of azo groups is 2. The molecule has 0 aliphatic carbocycles. The zero-order chi connectivity index (χ0) is 32.0. The van der Waals surface area contributed by atoms with Gasteiger partial charge in [-0.2, -0.15) is 40.7 Å². The van der Waals surface area contributed by atoms with Crippen LogP contribution in [0, 0.1) is 0 Å². The Morgan fingerprint density at radius 1 is 0.587 bits per heavy atom. The first-order chi connectivity index (χ1) is 22.4. The minimum absolute atomic E-state index is 0.276. The van der Waals surface area contributed by atoms with Gasteiger partial charge in [0.05, 0.1) is 34.2 Å². The molecule has 0 fully saturated rings. The zero-order valence-electron chi connectivity index (χ0n) is 24.8. The highest BCUT2D eigenvalue weighted by Gasteiger charge is 2.35. The maximum atomic E-state index is 12.8. The largest absolute Gasteiger partial charge is 0.323 e. The lowest BCUT2D eigenvalue weighted by Crippen LogP contribution is -2.29. The summed E-state index contributed by atoms with van der Waals surface area (Å²) in [6, 6.07) is 29.7. The number of hydrogen-bond acceptors (Lipinski definition) is 9. The summed E-state index contributed by atoms with van der Waals surface area (Å²) in [5.74, 6) is -0.552. The van der Waals surface area contributed by atoms with E-state index >= 15 is 0 Å². The first-order valence-electron chi connectivity index (χ1n) is 14.3. The fraction of sp³-hybridized carbons (Fsp3) is 0.121. The topological polar surface area (TPSA) is 156 Å². The summed E-state index contributed by atoms with van der Waals surface area (Å²) >= 11 is 0. The maximum Gasteiger partial charge on any atom is 0.323 e. The second-order valence-corrected chi connectivity index (χ2v) is 10.4. The van der Waals surface area contributed by atoms with E-state index in [2.05, 4.69) is 41.3 Å². The summed E-state index contributed by atoms with van der Waals surface area (Å²) in [6.07, 6.45) is 0.